The zero-order chi connectivity index (χ0) is 12.3. The van der Waals surface area contributed by atoms with Crippen molar-refractivity contribution in [3.63, 3.8) is 0 Å². The molecule has 1 rings (SSSR count). The molecule has 0 bridgehead atoms. The van der Waals surface area contributed by atoms with Crippen LogP contribution in [0.25, 0.3) is 0 Å². The highest BCUT2D eigenvalue weighted by molar-refractivity contribution is 6.66. The van der Waals surface area contributed by atoms with E-state index in [4.69, 9.17) is 0 Å². The van der Waals surface area contributed by atoms with Crippen molar-refractivity contribution in [2.75, 3.05) is 0 Å². The Bertz CT molecular complexity index is 378. The van der Waals surface area contributed by atoms with E-state index in [2.05, 4.69) is 0 Å². The van der Waals surface area contributed by atoms with E-state index in [9.17, 15) is 19.2 Å². The van der Waals surface area contributed by atoms with Crippen LogP contribution < -0.4 is 0 Å². The minimum Gasteiger partial charge on any atom is -0.295 e. The van der Waals surface area contributed by atoms with Crippen LogP contribution in [0.5, 0.6) is 0 Å². The van der Waals surface area contributed by atoms with Crippen LogP contribution in [0.1, 0.15) is 26.7 Å². The number of ketones is 4. The highest BCUT2D eigenvalue weighted by Crippen LogP contribution is 2.19. The minimum atomic E-state index is -1.01. The van der Waals surface area contributed by atoms with E-state index < -0.39 is 23.3 Å². The molecule has 0 saturated heterocycles. The Labute approximate surface area is 93.7 Å². The standard InChI is InChI=1S/C12H14O4/c1-3-8-6-7(2)9(13)4-5-10(14)12(16)11(8)15/h4-5,7-8H,3,6H2,1-2H3. The molecule has 0 aliphatic heterocycles. The molecule has 0 aromatic carbocycles. The van der Waals surface area contributed by atoms with Crippen molar-refractivity contribution in [1.82, 2.24) is 0 Å². The monoisotopic (exact) mass is 222 g/mol. The van der Waals surface area contributed by atoms with Gasteiger partial charge in [0.25, 0.3) is 5.78 Å². The van der Waals surface area contributed by atoms with Crippen LogP contribution in [-0.4, -0.2) is 23.1 Å². The quantitative estimate of drug-likeness (QED) is 0.618. The molecule has 86 valence electrons. The van der Waals surface area contributed by atoms with Crippen molar-refractivity contribution in [3.8, 4) is 0 Å². The number of Topliss-reactive ketones (excluding diaryl/α,β-unsaturated/α-hetero) is 2. The maximum Gasteiger partial charge on any atom is 0.268 e. The maximum absolute atomic E-state index is 11.6. The second-order valence-corrected chi connectivity index (χ2v) is 4.04. The molecule has 0 radical (unpaired) electrons. The van der Waals surface area contributed by atoms with Gasteiger partial charge in [-0.1, -0.05) is 13.8 Å². The molecular formula is C12H14O4. The van der Waals surface area contributed by atoms with E-state index in [0.29, 0.717) is 12.8 Å². The van der Waals surface area contributed by atoms with E-state index in [1.165, 1.54) is 0 Å². The summed E-state index contributed by atoms with van der Waals surface area (Å²) < 4.78 is 0. The lowest BCUT2D eigenvalue weighted by atomic mass is 9.87. The Morgan fingerprint density at radius 1 is 1.19 bits per heavy atom. The summed E-state index contributed by atoms with van der Waals surface area (Å²) in [5, 5.41) is 0. The summed E-state index contributed by atoms with van der Waals surface area (Å²) in [7, 11) is 0. The Hall–Kier alpha value is -1.58. The molecule has 0 spiro atoms. The van der Waals surface area contributed by atoms with Gasteiger partial charge in [-0.2, -0.15) is 0 Å². The van der Waals surface area contributed by atoms with Crippen LogP contribution in [0.15, 0.2) is 12.2 Å². The summed E-state index contributed by atoms with van der Waals surface area (Å²) in [6.45, 7) is 3.46. The summed E-state index contributed by atoms with van der Waals surface area (Å²) in [5.41, 5.74) is 0. The van der Waals surface area contributed by atoms with Crippen LogP contribution >= 0.6 is 0 Å². The zero-order valence-electron chi connectivity index (χ0n) is 9.36. The first-order valence-electron chi connectivity index (χ1n) is 5.31. The van der Waals surface area contributed by atoms with Gasteiger partial charge in [-0.25, -0.2) is 0 Å². The summed E-state index contributed by atoms with van der Waals surface area (Å²) in [4.78, 5) is 45.7. The van der Waals surface area contributed by atoms with E-state index in [0.717, 1.165) is 12.2 Å². The third kappa shape index (κ3) is 2.51. The SMILES string of the molecule is CCC1CC(C)C(=O)C=CC(=O)C(=O)C1=O. The second-order valence-electron chi connectivity index (χ2n) is 4.04. The molecule has 0 saturated carbocycles. The molecule has 2 atom stereocenters. The number of rotatable bonds is 1. The molecule has 0 N–H and O–H groups in total. The summed E-state index contributed by atoms with van der Waals surface area (Å²) in [6, 6.07) is 0. The third-order valence-electron chi connectivity index (χ3n) is 2.83. The third-order valence-corrected chi connectivity index (χ3v) is 2.83. The molecule has 1 aliphatic carbocycles. The first kappa shape index (κ1) is 12.5. The molecular weight excluding hydrogens is 208 g/mol. The van der Waals surface area contributed by atoms with Gasteiger partial charge in [0.05, 0.1) is 0 Å². The maximum atomic E-state index is 11.6. The van der Waals surface area contributed by atoms with Crippen molar-refractivity contribution in [1.29, 1.82) is 0 Å². The number of hydrogen-bond acceptors (Lipinski definition) is 4. The van der Waals surface area contributed by atoms with Gasteiger partial charge in [0.1, 0.15) is 0 Å². The van der Waals surface area contributed by atoms with Gasteiger partial charge in [0.2, 0.25) is 11.6 Å². The normalized spacial score (nSPS) is 27.6. The van der Waals surface area contributed by atoms with E-state index >= 15 is 0 Å². The Morgan fingerprint density at radius 2 is 1.81 bits per heavy atom. The highest BCUT2D eigenvalue weighted by atomic mass is 16.2. The van der Waals surface area contributed by atoms with Crippen LogP contribution in [0.2, 0.25) is 0 Å². The second kappa shape index (κ2) is 4.96. The predicted molar refractivity (Wildman–Crippen MR) is 56.7 cm³/mol. The molecule has 0 heterocycles. The van der Waals surface area contributed by atoms with E-state index in [-0.39, 0.29) is 11.7 Å². The van der Waals surface area contributed by atoms with Crippen LogP contribution in [-0.2, 0) is 19.2 Å². The molecule has 4 nitrogen and oxygen atoms in total. The Kier molecular flexibility index (Phi) is 3.88. The summed E-state index contributed by atoms with van der Waals surface area (Å²) >= 11 is 0. The molecule has 0 amide bonds. The lowest BCUT2D eigenvalue weighted by Gasteiger charge is -2.14. The number of carbonyl (C=O) groups is 4. The largest absolute Gasteiger partial charge is 0.295 e. The van der Waals surface area contributed by atoms with E-state index in [1.807, 2.05) is 0 Å². The lowest BCUT2D eigenvalue weighted by Crippen LogP contribution is -2.29. The van der Waals surface area contributed by atoms with Crippen molar-refractivity contribution in [3.05, 3.63) is 12.2 Å². The van der Waals surface area contributed by atoms with E-state index in [1.54, 1.807) is 13.8 Å². The Morgan fingerprint density at radius 3 is 2.38 bits per heavy atom. The van der Waals surface area contributed by atoms with Gasteiger partial charge in [-0.15, -0.1) is 0 Å². The topological polar surface area (TPSA) is 68.3 Å². The number of carbonyl (C=O) groups excluding carboxylic acids is 4. The summed E-state index contributed by atoms with van der Waals surface area (Å²) in [5.74, 6) is -3.64. The Balaban J connectivity index is 3.07. The van der Waals surface area contributed by atoms with Crippen LogP contribution in [0.3, 0.4) is 0 Å². The molecule has 0 aromatic heterocycles. The number of allylic oxidation sites excluding steroid dienone is 2. The van der Waals surface area contributed by atoms with Gasteiger partial charge in [0.15, 0.2) is 5.78 Å². The fourth-order valence-corrected chi connectivity index (χ4v) is 1.71. The van der Waals surface area contributed by atoms with Gasteiger partial charge in [0, 0.05) is 11.8 Å². The molecule has 0 fully saturated rings. The fraction of sp³-hybridized carbons (Fsp3) is 0.500. The lowest BCUT2D eigenvalue weighted by molar-refractivity contribution is -0.144. The molecule has 1 aliphatic rings. The molecule has 4 heteroatoms. The van der Waals surface area contributed by atoms with Crippen LogP contribution in [0, 0.1) is 11.8 Å². The highest BCUT2D eigenvalue weighted by Gasteiger charge is 2.31. The average molecular weight is 222 g/mol. The minimum absolute atomic E-state index is 0.214. The van der Waals surface area contributed by atoms with Crippen LogP contribution in [0.4, 0.5) is 0 Å². The molecule has 2 unspecified atom stereocenters. The van der Waals surface area contributed by atoms with Crippen molar-refractivity contribution in [2.24, 2.45) is 11.8 Å². The predicted octanol–water partition coefficient (Wildman–Crippen LogP) is 0.885. The molecule has 0 aromatic rings. The van der Waals surface area contributed by atoms with Crippen molar-refractivity contribution in [2.45, 2.75) is 26.7 Å². The first-order valence-corrected chi connectivity index (χ1v) is 5.31. The van der Waals surface area contributed by atoms with Gasteiger partial charge in [-0.05, 0) is 25.0 Å². The molecule has 16 heavy (non-hydrogen) atoms. The van der Waals surface area contributed by atoms with Gasteiger partial charge < -0.3 is 0 Å². The summed E-state index contributed by atoms with van der Waals surface area (Å²) in [6.07, 6.45) is 2.79. The first-order chi connectivity index (χ1) is 7.47. The average Bonchev–Trinajstić information content (AvgIpc) is 2.31. The van der Waals surface area contributed by atoms with Crippen molar-refractivity contribution >= 4 is 23.1 Å². The van der Waals surface area contributed by atoms with Gasteiger partial charge >= 0.3 is 0 Å². The smallest absolute Gasteiger partial charge is 0.268 e. The zero-order valence-corrected chi connectivity index (χ0v) is 9.36. The van der Waals surface area contributed by atoms with Gasteiger partial charge in [-0.3, -0.25) is 19.2 Å². The fourth-order valence-electron chi connectivity index (χ4n) is 1.71. The number of hydrogen-bond donors (Lipinski definition) is 0. The van der Waals surface area contributed by atoms with Crippen molar-refractivity contribution < 1.29 is 19.2 Å².